The molecule has 1 aromatic heterocycles. The number of amides is 1. The molecule has 0 radical (unpaired) electrons. The summed E-state index contributed by atoms with van der Waals surface area (Å²) in [5, 5.41) is 7.84. The van der Waals surface area contributed by atoms with E-state index in [0.29, 0.717) is 24.4 Å². The number of thiazole rings is 1. The molecule has 2 fully saturated rings. The second-order valence-corrected chi connectivity index (χ2v) is 9.29. The number of para-hydroxylation sites is 1. The summed E-state index contributed by atoms with van der Waals surface area (Å²) in [6, 6.07) is 17.7. The predicted molar refractivity (Wildman–Crippen MR) is 115 cm³/mol. The summed E-state index contributed by atoms with van der Waals surface area (Å²) >= 11 is 1.75. The topological polar surface area (TPSA) is 54.0 Å². The molecule has 144 valence electrons. The number of hydrogen-bond acceptors (Lipinski definition) is 4. The van der Waals surface area contributed by atoms with Crippen molar-refractivity contribution in [3.8, 4) is 0 Å². The van der Waals surface area contributed by atoms with Gasteiger partial charge < -0.3 is 10.6 Å². The summed E-state index contributed by atoms with van der Waals surface area (Å²) in [5.74, 6) is 0.669. The lowest BCUT2D eigenvalue weighted by Crippen LogP contribution is -2.39. The maximum Gasteiger partial charge on any atom is 0.224 e. The first-order chi connectivity index (χ1) is 13.7. The van der Waals surface area contributed by atoms with Crippen LogP contribution in [-0.4, -0.2) is 23.0 Å². The van der Waals surface area contributed by atoms with Gasteiger partial charge in [0, 0.05) is 30.6 Å². The van der Waals surface area contributed by atoms with E-state index in [9.17, 15) is 4.79 Å². The number of piperidine rings is 1. The fourth-order valence-corrected chi connectivity index (χ4v) is 5.69. The SMILES string of the molecule is O=C(CC1CC2CCC(C1)N2)Nc1ccc(Cc2nc3ccccc3s2)cc1. The van der Waals surface area contributed by atoms with Crippen LogP contribution in [-0.2, 0) is 11.2 Å². The van der Waals surface area contributed by atoms with Gasteiger partial charge in [0.1, 0.15) is 0 Å². The van der Waals surface area contributed by atoms with Crippen LogP contribution in [0.4, 0.5) is 5.69 Å². The number of carbonyl (C=O) groups is 1. The third-order valence-electron chi connectivity index (χ3n) is 5.98. The summed E-state index contributed by atoms with van der Waals surface area (Å²) in [6.07, 6.45) is 6.31. The van der Waals surface area contributed by atoms with E-state index in [-0.39, 0.29) is 5.91 Å². The largest absolute Gasteiger partial charge is 0.326 e. The molecule has 2 aliphatic heterocycles. The minimum atomic E-state index is 0.144. The Bertz CT molecular complexity index is 936. The summed E-state index contributed by atoms with van der Waals surface area (Å²) in [5.41, 5.74) is 3.17. The molecule has 5 heteroatoms. The molecule has 3 aromatic rings. The molecular weight excluding hydrogens is 366 g/mol. The van der Waals surface area contributed by atoms with Gasteiger partial charge in [0.05, 0.1) is 15.2 Å². The number of anilines is 1. The lowest BCUT2D eigenvalue weighted by atomic mass is 9.89. The Balaban J connectivity index is 1.17. The Morgan fingerprint density at radius 3 is 2.57 bits per heavy atom. The quantitative estimate of drug-likeness (QED) is 0.660. The number of rotatable bonds is 5. The zero-order valence-electron chi connectivity index (χ0n) is 15.9. The zero-order valence-corrected chi connectivity index (χ0v) is 16.7. The van der Waals surface area contributed by atoms with E-state index in [1.165, 1.54) is 23.1 Å². The third kappa shape index (κ3) is 3.96. The van der Waals surface area contributed by atoms with E-state index in [2.05, 4.69) is 41.0 Å². The highest BCUT2D eigenvalue weighted by Gasteiger charge is 2.34. The molecule has 0 spiro atoms. The van der Waals surface area contributed by atoms with Gasteiger partial charge in [-0.15, -0.1) is 11.3 Å². The molecule has 2 aromatic carbocycles. The lowest BCUT2D eigenvalue weighted by molar-refractivity contribution is -0.117. The highest BCUT2D eigenvalue weighted by Crippen LogP contribution is 2.33. The van der Waals surface area contributed by atoms with Crippen molar-refractivity contribution in [2.75, 3.05) is 5.32 Å². The minimum Gasteiger partial charge on any atom is -0.326 e. The zero-order chi connectivity index (χ0) is 18.9. The average molecular weight is 392 g/mol. The number of hydrogen-bond donors (Lipinski definition) is 2. The number of carbonyl (C=O) groups excluding carboxylic acids is 1. The van der Waals surface area contributed by atoms with Crippen molar-refractivity contribution in [2.45, 2.75) is 50.6 Å². The second-order valence-electron chi connectivity index (χ2n) is 8.18. The van der Waals surface area contributed by atoms with Gasteiger partial charge in [0.25, 0.3) is 0 Å². The van der Waals surface area contributed by atoms with Crippen molar-refractivity contribution in [1.29, 1.82) is 0 Å². The van der Waals surface area contributed by atoms with Crippen LogP contribution < -0.4 is 10.6 Å². The Kier molecular flexibility index (Phi) is 4.87. The summed E-state index contributed by atoms with van der Waals surface area (Å²) < 4.78 is 1.23. The lowest BCUT2D eigenvalue weighted by Gasteiger charge is -2.28. The third-order valence-corrected chi connectivity index (χ3v) is 7.01. The van der Waals surface area contributed by atoms with Gasteiger partial charge in [-0.3, -0.25) is 4.79 Å². The van der Waals surface area contributed by atoms with Crippen molar-refractivity contribution in [2.24, 2.45) is 5.92 Å². The fourth-order valence-electron chi connectivity index (χ4n) is 4.69. The number of nitrogens with zero attached hydrogens (tertiary/aromatic N) is 1. The van der Waals surface area contributed by atoms with Crippen LogP contribution in [0.5, 0.6) is 0 Å². The normalized spacial score (nSPS) is 23.8. The van der Waals surface area contributed by atoms with Gasteiger partial charge >= 0.3 is 0 Å². The van der Waals surface area contributed by atoms with Crippen LogP contribution in [0.15, 0.2) is 48.5 Å². The number of aromatic nitrogens is 1. The molecular formula is C23H25N3OS. The van der Waals surface area contributed by atoms with Crippen LogP contribution in [0.1, 0.15) is 42.7 Å². The van der Waals surface area contributed by atoms with Crippen molar-refractivity contribution < 1.29 is 4.79 Å². The van der Waals surface area contributed by atoms with Gasteiger partial charge in [-0.1, -0.05) is 24.3 Å². The van der Waals surface area contributed by atoms with Crippen molar-refractivity contribution in [1.82, 2.24) is 10.3 Å². The van der Waals surface area contributed by atoms with Gasteiger partial charge in [-0.25, -0.2) is 4.98 Å². The standard InChI is InChI=1S/C23H25N3OS/c27-22(13-16-11-18-9-10-19(12-16)24-18)25-17-7-5-15(6-8-17)14-23-26-20-3-1-2-4-21(20)28-23/h1-8,16,18-19,24H,9-14H2,(H,25,27). The molecule has 28 heavy (non-hydrogen) atoms. The first-order valence-corrected chi connectivity index (χ1v) is 11.0. The smallest absolute Gasteiger partial charge is 0.224 e. The molecule has 5 rings (SSSR count). The maximum absolute atomic E-state index is 12.4. The Labute approximate surface area is 169 Å². The summed E-state index contributed by atoms with van der Waals surface area (Å²) in [4.78, 5) is 17.2. The van der Waals surface area contributed by atoms with E-state index in [1.807, 2.05) is 18.2 Å². The highest BCUT2D eigenvalue weighted by atomic mass is 32.1. The van der Waals surface area contributed by atoms with Crippen LogP contribution in [0.25, 0.3) is 10.2 Å². The first-order valence-electron chi connectivity index (χ1n) is 10.2. The van der Waals surface area contributed by atoms with E-state index < -0.39 is 0 Å². The minimum absolute atomic E-state index is 0.144. The van der Waals surface area contributed by atoms with Crippen LogP contribution >= 0.6 is 11.3 Å². The average Bonchev–Trinajstić information content (AvgIpc) is 3.25. The van der Waals surface area contributed by atoms with Crippen molar-refractivity contribution >= 4 is 33.1 Å². The summed E-state index contributed by atoms with van der Waals surface area (Å²) in [7, 11) is 0. The molecule has 2 unspecified atom stereocenters. The van der Waals surface area contributed by atoms with Crippen LogP contribution in [0.3, 0.4) is 0 Å². The molecule has 2 saturated heterocycles. The molecule has 2 bridgehead atoms. The molecule has 4 nitrogen and oxygen atoms in total. The predicted octanol–water partition coefficient (Wildman–Crippen LogP) is 4.75. The molecule has 2 N–H and O–H groups in total. The molecule has 2 aliphatic rings. The first kappa shape index (κ1) is 17.8. The Morgan fingerprint density at radius 2 is 1.82 bits per heavy atom. The summed E-state index contributed by atoms with van der Waals surface area (Å²) in [6.45, 7) is 0. The molecule has 0 aliphatic carbocycles. The second kappa shape index (κ2) is 7.64. The Morgan fingerprint density at radius 1 is 1.07 bits per heavy atom. The van der Waals surface area contributed by atoms with Gasteiger partial charge in [0.15, 0.2) is 0 Å². The van der Waals surface area contributed by atoms with Crippen LogP contribution in [0, 0.1) is 5.92 Å². The van der Waals surface area contributed by atoms with Crippen molar-refractivity contribution in [3.05, 3.63) is 59.1 Å². The van der Waals surface area contributed by atoms with E-state index in [4.69, 9.17) is 4.98 Å². The molecule has 3 heterocycles. The van der Waals surface area contributed by atoms with Crippen LogP contribution in [0.2, 0.25) is 0 Å². The van der Waals surface area contributed by atoms with Gasteiger partial charge in [-0.05, 0) is 61.4 Å². The van der Waals surface area contributed by atoms with Gasteiger partial charge in [0.2, 0.25) is 5.91 Å². The monoisotopic (exact) mass is 391 g/mol. The highest BCUT2D eigenvalue weighted by molar-refractivity contribution is 7.18. The van der Waals surface area contributed by atoms with Gasteiger partial charge in [-0.2, -0.15) is 0 Å². The number of fused-ring (bicyclic) bond motifs is 3. The fraction of sp³-hybridized carbons (Fsp3) is 0.391. The van der Waals surface area contributed by atoms with Crippen molar-refractivity contribution in [3.63, 3.8) is 0 Å². The molecule has 1 amide bonds. The molecule has 0 saturated carbocycles. The molecule has 2 atom stereocenters. The van der Waals surface area contributed by atoms with E-state index in [1.54, 1.807) is 11.3 Å². The Hall–Kier alpha value is -2.24. The maximum atomic E-state index is 12.4. The number of benzene rings is 2. The van der Waals surface area contributed by atoms with E-state index >= 15 is 0 Å². The number of nitrogens with one attached hydrogen (secondary N) is 2. The van der Waals surface area contributed by atoms with E-state index in [0.717, 1.165) is 35.5 Å².